The van der Waals surface area contributed by atoms with Gasteiger partial charge >= 0.3 is 0 Å². The van der Waals surface area contributed by atoms with Crippen molar-refractivity contribution >= 4 is 0 Å². The van der Waals surface area contributed by atoms with E-state index in [4.69, 9.17) is 9.26 Å². The Labute approximate surface area is 134 Å². The second-order valence-corrected chi connectivity index (χ2v) is 5.52. The number of benzene rings is 2. The van der Waals surface area contributed by atoms with Crippen LogP contribution in [0.25, 0.3) is 22.8 Å². The molecule has 0 amide bonds. The van der Waals surface area contributed by atoms with Crippen LogP contribution < -0.4 is 10.1 Å². The molecular formula is C18H17N3O2. The molecule has 0 aliphatic carbocycles. The molecule has 0 unspecified atom stereocenters. The lowest BCUT2D eigenvalue weighted by Crippen LogP contribution is -2.19. The third kappa shape index (κ3) is 2.96. The minimum atomic E-state index is 0.188. The fourth-order valence-corrected chi connectivity index (χ4v) is 2.69. The summed E-state index contributed by atoms with van der Waals surface area (Å²) in [5, 5.41) is 7.38. The van der Waals surface area contributed by atoms with E-state index in [0.717, 1.165) is 36.4 Å². The van der Waals surface area contributed by atoms with Crippen LogP contribution in [0, 0.1) is 0 Å². The number of ether oxygens (including phenoxy) is 1. The van der Waals surface area contributed by atoms with E-state index in [1.165, 1.54) is 0 Å². The van der Waals surface area contributed by atoms with E-state index < -0.39 is 0 Å². The van der Waals surface area contributed by atoms with Gasteiger partial charge in [0.05, 0.1) is 5.56 Å². The van der Waals surface area contributed by atoms with E-state index in [9.17, 15) is 0 Å². The monoisotopic (exact) mass is 307 g/mol. The molecule has 1 saturated heterocycles. The maximum Gasteiger partial charge on any atom is 0.262 e. The zero-order valence-corrected chi connectivity index (χ0v) is 12.6. The third-order valence-corrected chi connectivity index (χ3v) is 3.88. The first kappa shape index (κ1) is 14.0. The smallest absolute Gasteiger partial charge is 0.262 e. The zero-order chi connectivity index (χ0) is 15.5. The maximum absolute atomic E-state index is 6.09. The highest BCUT2D eigenvalue weighted by atomic mass is 16.5. The lowest BCUT2D eigenvalue weighted by atomic mass is 10.2. The van der Waals surface area contributed by atoms with Crippen molar-refractivity contribution < 1.29 is 9.26 Å². The average molecular weight is 307 g/mol. The molecule has 1 atom stereocenters. The van der Waals surface area contributed by atoms with Gasteiger partial charge in [-0.15, -0.1) is 0 Å². The van der Waals surface area contributed by atoms with Gasteiger partial charge in [0, 0.05) is 12.1 Å². The Morgan fingerprint density at radius 1 is 1.04 bits per heavy atom. The maximum atomic E-state index is 6.09. The molecule has 2 heterocycles. The van der Waals surface area contributed by atoms with E-state index in [0.29, 0.717) is 11.7 Å². The van der Waals surface area contributed by atoms with Crippen molar-refractivity contribution in [3.63, 3.8) is 0 Å². The molecule has 0 radical (unpaired) electrons. The Balaban J connectivity index is 1.64. The lowest BCUT2D eigenvalue weighted by Gasteiger charge is -2.14. The predicted octanol–water partition coefficient (Wildman–Crippen LogP) is 3.14. The summed E-state index contributed by atoms with van der Waals surface area (Å²) in [6.45, 7) is 1.86. The van der Waals surface area contributed by atoms with Crippen molar-refractivity contribution in [3.8, 4) is 28.6 Å². The summed E-state index contributed by atoms with van der Waals surface area (Å²) in [5.41, 5.74) is 1.76. The Hall–Kier alpha value is -2.66. The fourth-order valence-electron chi connectivity index (χ4n) is 2.69. The molecule has 0 saturated carbocycles. The zero-order valence-electron chi connectivity index (χ0n) is 12.6. The molecule has 5 heteroatoms. The SMILES string of the molecule is c1ccc(-c2noc(-c3ccccc3O[C@@H]3CCNC3)n2)cc1. The van der Waals surface area contributed by atoms with Gasteiger partial charge in [0.2, 0.25) is 5.82 Å². The average Bonchev–Trinajstić information content (AvgIpc) is 3.28. The summed E-state index contributed by atoms with van der Waals surface area (Å²) >= 11 is 0. The van der Waals surface area contributed by atoms with Crippen molar-refractivity contribution in [2.45, 2.75) is 12.5 Å². The minimum absolute atomic E-state index is 0.188. The highest BCUT2D eigenvalue weighted by Crippen LogP contribution is 2.31. The summed E-state index contributed by atoms with van der Waals surface area (Å²) in [7, 11) is 0. The highest BCUT2D eigenvalue weighted by molar-refractivity contribution is 5.65. The molecule has 5 nitrogen and oxygen atoms in total. The number of rotatable bonds is 4. The molecule has 1 aromatic heterocycles. The number of nitrogens with zero attached hydrogens (tertiary/aromatic N) is 2. The molecule has 1 aliphatic rings. The quantitative estimate of drug-likeness (QED) is 0.802. The van der Waals surface area contributed by atoms with Crippen molar-refractivity contribution in [1.29, 1.82) is 0 Å². The van der Waals surface area contributed by atoms with Gasteiger partial charge in [0.15, 0.2) is 0 Å². The molecule has 3 aromatic rings. The summed E-state index contributed by atoms with van der Waals surface area (Å²) in [5.74, 6) is 1.84. The summed E-state index contributed by atoms with van der Waals surface area (Å²) < 4.78 is 11.5. The molecular weight excluding hydrogens is 290 g/mol. The molecule has 116 valence electrons. The van der Waals surface area contributed by atoms with E-state index >= 15 is 0 Å². The Morgan fingerprint density at radius 3 is 2.70 bits per heavy atom. The van der Waals surface area contributed by atoms with Crippen molar-refractivity contribution in [2.75, 3.05) is 13.1 Å². The van der Waals surface area contributed by atoms with Crippen LogP contribution >= 0.6 is 0 Å². The van der Waals surface area contributed by atoms with E-state index in [-0.39, 0.29) is 6.10 Å². The fraction of sp³-hybridized carbons (Fsp3) is 0.222. The minimum Gasteiger partial charge on any atom is -0.488 e. The normalized spacial score (nSPS) is 17.3. The molecule has 0 bridgehead atoms. The second kappa shape index (κ2) is 6.22. The molecule has 4 rings (SSSR count). The van der Waals surface area contributed by atoms with Gasteiger partial charge < -0.3 is 14.6 Å². The van der Waals surface area contributed by atoms with Gasteiger partial charge in [-0.05, 0) is 25.1 Å². The molecule has 23 heavy (non-hydrogen) atoms. The van der Waals surface area contributed by atoms with Crippen LogP contribution in [0.1, 0.15) is 6.42 Å². The van der Waals surface area contributed by atoms with Crippen LogP contribution in [0.15, 0.2) is 59.1 Å². The van der Waals surface area contributed by atoms with Crippen LogP contribution in [-0.2, 0) is 0 Å². The number of hydrogen-bond donors (Lipinski definition) is 1. The topological polar surface area (TPSA) is 60.2 Å². The van der Waals surface area contributed by atoms with Gasteiger partial charge in [0.25, 0.3) is 5.89 Å². The Bertz CT molecular complexity index is 780. The first-order valence-electron chi connectivity index (χ1n) is 7.76. The first-order chi connectivity index (χ1) is 11.4. The standard InChI is InChI=1S/C18H17N3O2/c1-2-6-13(7-3-1)17-20-18(23-21-17)15-8-4-5-9-16(15)22-14-10-11-19-12-14/h1-9,14,19H,10-12H2/t14-/m1/s1. The van der Waals surface area contributed by atoms with Gasteiger partial charge in [0.1, 0.15) is 11.9 Å². The first-order valence-corrected chi connectivity index (χ1v) is 7.76. The highest BCUT2D eigenvalue weighted by Gasteiger charge is 2.20. The lowest BCUT2D eigenvalue weighted by molar-refractivity contribution is 0.223. The number of hydrogen-bond acceptors (Lipinski definition) is 5. The Morgan fingerprint density at radius 2 is 1.87 bits per heavy atom. The van der Waals surface area contributed by atoms with Crippen molar-refractivity contribution in [2.24, 2.45) is 0 Å². The van der Waals surface area contributed by atoms with E-state index in [1.807, 2.05) is 54.6 Å². The molecule has 1 N–H and O–H groups in total. The van der Waals surface area contributed by atoms with Gasteiger partial charge in [-0.25, -0.2) is 0 Å². The van der Waals surface area contributed by atoms with Gasteiger partial charge in [-0.2, -0.15) is 4.98 Å². The van der Waals surface area contributed by atoms with Crippen LogP contribution in [0.2, 0.25) is 0 Å². The third-order valence-electron chi connectivity index (χ3n) is 3.88. The van der Waals surface area contributed by atoms with E-state index in [1.54, 1.807) is 0 Å². The number of aromatic nitrogens is 2. The van der Waals surface area contributed by atoms with Crippen LogP contribution in [0.3, 0.4) is 0 Å². The molecule has 1 fully saturated rings. The summed E-state index contributed by atoms with van der Waals surface area (Å²) in [4.78, 5) is 4.51. The van der Waals surface area contributed by atoms with Gasteiger partial charge in [-0.3, -0.25) is 0 Å². The summed E-state index contributed by atoms with van der Waals surface area (Å²) in [6, 6.07) is 17.6. The van der Waals surface area contributed by atoms with Crippen LogP contribution in [-0.4, -0.2) is 29.3 Å². The molecule has 2 aromatic carbocycles. The van der Waals surface area contributed by atoms with Gasteiger partial charge in [-0.1, -0.05) is 47.6 Å². The van der Waals surface area contributed by atoms with Crippen molar-refractivity contribution in [1.82, 2.24) is 15.5 Å². The number of nitrogens with one attached hydrogen (secondary N) is 1. The largest absolute Gasteiger partial charge is 0.488 e. The predicted molar refractivity (Wildman–Crippen MR) is 87.1 cm³/mol. The molecule has 0 spiro atoms. The van der Waals surface area contributed by atoms with E-state index in [2.05, 4.69) is 15.5 Å². The second-order valence-electron chi connectivity index (χ2n) is 5.52. The summed E-state index contributed by atoms with van der Waals surface area (Å²) in [6.07, 6.45) is 1.20. The van der Waals surface area contributed by atoms with Crippen LogP contribution in [0.4, 0.5) is 0 Å². The van der Waals surface area contributed by atoms with Crippen LogP contribution in [0.5, 0.6) is 5.75 Å². The molecule has 1 aliphatic heterocycles. The number of para-hydroxylation sites is 1. The van der Waals surface area contributed by atoms with Crippen molar-refractivity contribution in [3.05, 3.63) is 54.6 Å². The Kier molecular flexibility index (Phi) is 3.78.